The van der Waals surface area contributed by atoms with Gasteiger partial charge < -0.3 is 9.88 Å². The molecule has 1 unspecified atom stereocenters. The molecule has 5 nitrogen and oxygen atoms in total. The number of amides is 1. The zero-order chi connectivity index (χ0) is 16.8. The first kappa shape index (κ1) is 15.9. The lowest BCUT2D eigenvalue weighted by Gasteiger charge is -2.15. The average molecular weight is 320 g/mol. The second-order valence-corrected chi connectivity index (χ2v) is 5.71. The lowest BCUT2D eigenvalue weighted by atomic mass is 10.1. The van der Waals surface area contributed by atoms with E-state index in [1.54, 1.807) is 24.9 Å². The molecule has 1 aromatic carbocycles. The number of nitrogens with zero attached hydrogens (tertiary/aromatic N) is 3. The van der Waals surface area contributed by atoms with E-state index in [2.05, 4.69) is 15.3 Å². The van der Waals surface area contributed by atoms with E-state index in [0.29, 0.717) is 12.8 Å². The highest BCUT2D eigenvalue weighted by molar-refractivity contribution is 5.76. The number of nitrogens with one attached hydrogen (secondary N) is 1. The Hall–Kier alpha value is -2.95. The maximum atomic E-state index is 12.1. The first-order chi connectivity index (χ1) is 11.7. The molecule has 0 fully saturated rings. The Balaban J connectivity index is 1.54. The highest BCUT2D eigenvalue weighted by Crippen LogP contribution is 2.16. The summed E-state index contributed by atoms with van der Waals surface area (Å²) in [5.74, 6) is 0.0463. The van der Waals surface area contributed by atoms with Gasteiger partial charge in [-0.2, -0.15) is 0 Å². The van der Waals surface area contributed by atoms with Gasteiger partial charge in [-0.15, -0.1) is 0 Å². The third-order valence-electron chi connectivity index (χ3n) is 3.94. The molecule has 3 aromatic rings. The van der Waals surface area contributed by atoms with Crippen molar-refractivity contribution in [2.24, 2.45) is 0 Å². The topological polar surface area (TPSA) is 59.8 Å². The van der Waals surface area contributed by atoms with Crippen LogP contribution in [-0.2, 0) is 11.2 Å². The smallest absolute Gasteiger partial charge is 0.220 e. The number of carbonyl (C=O) groups is 1. The van der Waals surface area contributed by atoms with Gasteiger partial charge in [0.1, 0.15) is 0 Å². The number of carbonyl (C=O) groups excluding carboxylic acids is 1. The molecule has 0 aliphatic rings. The maximum Gasteiger partial charge on any atom is 0.220 e. The molecule has 0 spiro atoms. The SMILES string of the molecule is CC(NC(=O)CCc1cccnc1)c1ccc(-n2ccnc2)cc1. The van der Waals surface area contributed by atoms with Crippen LogP contribution in [0, 0.1) is 0 Å². The second-order valence-electron chi connectivity index (χ2n) is 5.71. The number of aromatic nitrogens is 3. The standard InChI is InChI=1S/C19H20N4O/c1-15(22-19(24)9-4-16-3-2-10-20-13-16)17-5-7-18(8-6-17)23-12-11-21-14-23/h2-3,5-8,10-15H,4,9H2,1H3,(H,22,24). The number of rotatable bonds is 6. The van der Waals surface area contributed by atoms with Crippen LogP contribution < -0.4 is 5.32 Å². The van der Waals surface area contributed by atoms with Crippen LogP contribution >= 0.6 is 0 Å². The van der Waals surface area contributed by atoms with Gasteiger partial charge >= 0.3 is 0 Å². The molecule has 2 heterocycles. The van der Waals surface area contributed by atoms with E-state index in [1.165, 1.54) is 0 Å². The van der Waals surface area contributed by atoms with Crippen molar-refractivity contribution in [3.8, 4) is 5.69 Å². The molecule has 0 saturated heterocycles. The van der Waals surface area contributed by atoms with Gasteiger partial charge in [-0.1, -0.05) is 18.2 Å². The Labute approximate surface area is 141 Å². The van der Waals surface area contributed by atoms with Gasteiger partial charge in [0, 0.05) is 36.9 Å². The molecule has 0 bridgehead atoms. The first-order valence-electron chi connectivity index (χ1n) is 7.99. The van der Waals surface area contributed by atoms with Crippen molar-refractivity contribution in [3.63, 3.8) is 0 Å². The summed E-state index contributed by atoms with van der Waals surface area (Å²) in [6.45, 7) is 1.99. The number of benzene rings is 1. The van der Waals surface area contributed by atoms with Crippen LogP contribution in [0.15, 0.2) is 67.5 Å². The third kappa shape index (κ3) is 4.07. The molecule has 1 atom stereocenters. The van der Waals surface area contributed by atoms with E-state index in [0.717, 1.165) is 16.8 Å². The summed E-state index contributed by atoms with van der Waals surface area (Å²) >= 11 is 0. The van der Waals surface area contributed by atoms with Crippen molar-refractivity contribution >= 4 is 5.91 Å². The lowest BCUT2D eigenvalue weighted by Crippen LogP contribution is -2.26. The van der Waals surface area contributed by atoms with Gasteiger partial charge in [0.15, 0.2) is 0 Å². The molecule has 0 saturated carbocycles. The van der Waals surface area contributed by atoms with E-state index in [4.69, 9.17) is 0 Å². The number of aryl methyl sites for hydroxylation is 1. The van der Waals surface area contributed by atoms with Crippen molar-refractivity contribution in [2.75, 3.05) is 0 Å². The monoisotopic (exact) mass is 320 g/mol. The number of hydrogen-bond acceptors (Lipinski definition) is 3. The predicted molar refractivity (Wildman–Crippen MR) is 92.7 cm³/mol. The van der Waals surface area contributed by atoms with E-state index < -0.39 is 0 Å². The third-order valence-corrected chi connectivity index (χ3v) is 3.94. The van der Waals surface area contributed by atoms with Crippen LogP contribution in [0.5, 0.6) is 0 Å². The van der Waals surface area contributed by atoms with E-state index in [-0.39, 0.29) is 11.9 Å². The molecule has 5 heteroatoms. The average Bonchev–Trinajstić information content (AvgIpc) is 3.16. The molecule has 2 aromatic heterocycles. The zero-order valence-corrected chi connectivity index (χ0v) is 13.6. The van der Waals surface area contributed by atoms with E-state index in [9.17, 15) is 4.79 Å². The summed E-state index contributed by atoms with van der Waals surface area (Å²) in [7, 11) is 0. The van der Waals surface area contributed by atoms with Gasteiger partial charge in [0.05, 0.1) is 12.4 Å². The highest BCUT2D eigenvalue weighted by atomic mass is 16.1. The van der Waals surface area contributed by atoms with Crippen molar-refractivity contribution in [1.29, 1.82) is 0 Å². The van der Waals surface area contributed by atoms with Crippen LogP contribution in [0.3, 0.4) is 0 Å². The summed E-state index contributed by atoms with van der Waals surface area (Å²) < 4.78 is 1.95. The van der Waals surface area contributed by atoms with Gasteiger partial charge in [0.2, 0.25) is 5.91 Å². The van der Waals surface area contributed by atoms with Crippen LogP contribution in [0.1, 0.15) is 30.5 Å². The summed E-state index contributed by atoms with van der Waals surface area (Å²) in [5.41, 5.74) is 3.20. The Morgan fingerprint density at radius 3 is 2.67 bits per heavy atom. The van der Waals surface area contributed by atoms with Crippen LogP contribution in [-0.4, -0.2) is 20.4 Å². The molecular weight excluding hydrogens is 300 g/mol. The van der Waals surface area contributed by atoms with Gasteiger partial charge in [0.25, 0.3) is 0 Å². The van der Waals surface area contributed by atoms with E-state index >= 15 is 0 Å². The molecule has 1 amide bonds. The minimum Gasteiger partial charge on any atom is -0.350 e. The fourth-order valence-electron chi connectivity index (χ4n) is 2.55. The van der Waals surface area contributed by atoms with Gasteiger partial charge in [-0.3, -0.25) is 9.78 Å². The Bertz CT molecular complexity index is 767. The van der Waals surface area contributed by atoms with Crippen molar-refractivity contribution in [1.82, 2.24) is 19.9 Å². The fourth-order valence-corrected chi connectivity index (χ4v) is 2.55. The largest absolute Gasteiger partial charge is 0.350 e. The molecule has 0 aliphatic heterocycles. The first-order valence-corrected chi connectivity index (χ1v) is 7.99. The van der Waals surface area contributed by atoms with E-state index in [1.807, 2.05) is 54.1 Å². The summed E-state index contributed by atoms with van der Waals surface area (Å²) in [5, 5.41) is 3.04. The fraction of sp³-hybridized carbons (Fsp3) is 0.211. The van der Waals surface area contributed by atoms with Gasteiger partial charge in [-0.25, -0.2) is 4.98 Å². The molecule has 3 rings (SSSR count). The lowest BCUT2D eigenvalue weighted by molar-refractivity contribution is -0.121. The molecule has 122 valence electrons. The number of hydrogen-bond donors (Lipinski definition) is 1. The Morgan fingerprint density at radius 1 is 1.17 bits per heavy atom. The number of pyridine rings is 1. The minimum atomic E-state index is -0.0248. The molecule has 1 N–H and O–H groups in total. The zero-order valence-electron chi connectivity index (χ0n) is 13.6. The summed E-state index contributed by atoms with van der Waals surface area (Å²) in [6.07, 6.45) is 10.1. The van der Waals surface area contributed by atoms with Crippen LogP contribution in [0.2, 0.25) is 0 Å². The predicted octanol–water partition coefficient (Wildman–Crippen LogP) is 3.08. The van der Waals surface area contributed by atoms with Crippen LogP contribution in [0.4, 0.5) is 0 Å². The van der Waals surface area contributed by atoms with Crippen molar-refractivity contribution in [3.05, 3.63) is 78.6 Å². The highest BCUT2D eigenvalue weighted by Gasteiger charge is 2.10. The summed E-state index contributed by atoms with van der Waals surface area (Å²) in [4.78, 5) is 20.2. The Kier molecular flexibility index (Phi) is 5.01. The number of imidazole rings is 1. The molecular formula is C19H20N4O. The molecule has 0 aliphatic carbocycles. The normalized spacial score (nSPS) is 11.9. The van der Waals surface area contributed by atoms with Gasteiger partial charge in [-0.05, 0) is 42.7 Å². The Morgan fingerprint density at radius 2 is 2.00 bits per heavy atom. The maximum absolute atomic E-state index is 12.1. The second kappa shape index (κ2) is 7.55. The molecule has 0 radical (unpaired) electrons. The van der Waals surface area contributed by atoms with Crippen LogP contribution in [0.25, 0.3) is 5.69 Å². The van der Waals surface area contributed by atoms with Crippen molar-refractivity contribution in [2.45, 2.75) is 25.8 Å². The quantitative estimate of drug-likeness (QED) is 0.759. The molecule has 24 heavy (non-hydrogen) atoms. The minimum absolute atomic E-state index is 0.0248. The van der Waals surface area contributed by atoms with Crippen molar-refractivity contribution < 1.29 is 4.79 Å². The summed E-state index contributed by atoms with van der Waals surface area (Å²) in [6, 6.07) is 12.0.